The Morgan fingerprint density at radius 2 is 1.58 bits per heavy atom. The molecule has 7 heteroatoms. The second kappa shape index (κ2) is 7.03. The zero-order valence-electron chi connectivity index (χ0n) is 13.8. The lowest BCUT2D eigenvalue weighted by Gasteiger charge is -2.31. The van der Waals surface area contributed by atoms with Crippen molar-refractivity contribution in [2.75, 3.05) is 13.1 Å². The molecule has 0 saturated carbocycles. The first-order chi connectivity index (χ1) is 12.3. The monoisotopic (exact) mass is 378 g/mol. The van der Waals surface area contributed by atoms with Gasteiger partial charge in [-0.25, -0.2) is 8.78 Å². The molecule has 1 heterocycles. The Morgan fingerprint density at radius 3 is 2.15 bits per heavy atom. The number of halogens is 3. The molecule has 1 aliphatic rings. The largest absolute Gasteiger partial charge is 0.366 e. The average Bonchev–Trinajstić information content (AvgIpc) is 2.61. The number of alkyl halides is 2. The van der Waals surface area contributed by atoms with Gasteiger partial charge in [0.15, 0.2) is 0 Å². The average molecular weight is 379 g/mol. The van der Waals surface area contributed by atoms with Crippen LogP contribution in [0.5, 0.6) is 0 Å². The fraction of sp³-hybridized carbons (Fsp3) is 0.263. The van der Waals surface area contributed by atoms with Crippen LogP contribution in [0.25, 0.3) is 11.1 Å². The number of carbonyl (C=O) groups is 2. The summed E-state index contributed by atoms with van der Waals surface area (Å²) in [7, 11) is 0. The molecule has 0 radical (unpaired) electrons. The van der Waals surface area contributed by atoms with E-state index in [1.807, 2.05) is 0 Å². The number of nitrogens with two attached hydrogens (primary N) is 1. The van der Waals surface area contributed by atoms with Crippen molar-refractivity contribution in [3.05, 3.63) is 58.6 Å². The van der Waals surface area contributed by atoms with Gasteiger partial charge in [-0.1, -0.05) is 29.8 Å². The van der Waals surface area contributed by atoms with Gasteiger partial charge in [0, 0.05) is 31.5 Å². The number of carbonyl (C=O) groups excluding carboxylic acids is 2. The molecular formula is C19H17ClF2N2O2. The van der Waals surface area contributed by atoms with Gasteiger partial charge in [0.25, 0.3) is 11.8 Å². The molecule has 4 nitrogen and oxygen atoms in total. The van der Waals surface area contributed by atoms with E-state index >= 15 is 0 Å². The van der Waals surface area contributed by atoms with Gasteiger partial charge in [-0.3, -0.25) is 9.59 Å². The van der Waals surface area contributed by atoms with E-state index in [0.717, 1.165) is 11.1 Å². The smallest absolute Gasteiger partial charge is 0.253 e. The summed E-state index contributed by atoms with van der Waals surface area (Å²) in [6.45, 7) is 0.0967. The number of amides is 2. The van der Waals surface area contributed by atoms with Gasteiger partial charge >= 0.3 is 0 Å². The Balaban J connectivity index is 1.78. The highest BCUT2D eigenvalue weighted by molar-refractivity contribution is 6.33. The topological polar surface area (TPSA) is 63.4 Å². The van der Waals surface area contributed by atoms with Gasteiger partial charge in [0.05, 0.1) is 10.6 Å². The summed E-state index contributed by atoms with van der Waals surface area (Å²) in [5.74, 6) is -3.57. The van der Waals surface area contributed by atoms with E-state index in [0.29, 0.717) is 5.56 Å². The van der Waals surface area contributed by atoms with Crippen LogP contribution in [0.15, 0.2) is 42.5 Å². The highest BCUT2D eigenvalue weighted by Crippen LogP contribution is 2.29. The number of nitrogens with zero attached hydrogens (tertiary/aromatic N) is 1. The molecule has 0 aromatic heterocycles. The number of benzene rings is 2. The van der Waals surface area contributed by atoms with E-state index < -0.39 is 11.8 Å². The molecule has 2 amide bonds. The molecule has 2 N–H and O–H groups in total. The van der Waals surface area contributed by atoms with Crippen LogP contribution >= 0.6 is 11.6 Å². The Morgan fingerprint density at radius 1 is 1.00 bits per heavy atom. The quantitative estimate of drug-likeness (QED) is 0.878. The first kappa shape index (κ1) is 18.3. The van der Waals surface area contributed by atoms with Crippen LogP contribution in [0.1, 0.15) is 33.6 Å². The molecule has 26 heavy (non-hydrogen) atoms. The Bertz CT molecular complexity index is 843. The molecule has 0 bridgehead atoms. The maximum atomic E-state index is 13.2. The second-order valence-electron chi connectivity index (χ2n) is 6.28. The number of hydrogen-bond donors (Lipinski definition) is 1. The molecule has 0 spiro atoms. The van der Waals surface area contributed by atoms with Gasteiger partial charge in [-0.2, -0.15) is 0 Å². The van der Waals surface area contributed by atoms with Crippen LogP contribution in [-0.2, 0) is 0 Å². The summed E-state index contributed by atoms with van der Waals surface area (Å²) >= 11 is 5.95. The van der Waals surface area contributed by atoms with E-state index in [1.54, 1.807) is 42.5 Å². The van der Waals surface area contributed by atoms with Gasteiger partial charge in [-0.05, 0) is 35.4 Å². The van der Waals surface area contributed by atoms with Gasteiger partial charge in [0.2, 0.25) is 5.91 Å². The molecule has 1 aliphatic heterocycles. The van der Waals surface area contributed by atoms with Crippen LogP contribution in [0.4, 0.5) is 8.78 Å². The van der Waals surface area contributed by atoms with Gasteiger partial charge < -0.3 is 10.6 Å². The molecule has 0 aliphatic carbocycles. The van der Waals surface area contributed by atoms with Crippen molar-refractivity contribution in [3.8, 4) is 11.1 Å². The third-order valence-corrected chi connectivity index (χ3v) is 4.81. The van der Waals surface area contributed by atoms with E-state index in [2.05, 4.69) is 0 Å². The third-order valence-electron chi connectivity index (χ3n) is 4.48. The van der Waals surface area contributed by atoms with E-state index in [1.165, 1.54) is 4.90 Å². The van der Waals surface area contributed by atoms with Crippen LogP contribution in [0, 0.1) is 0 Å². The molecule has 2 aromatic carbocycles. The molecule has 0 unspecified atom stereocenters. The molecule has 0 atom stereocenters. The zero-order chi connectivity index (χ0) is 18.9. The van der Waals surface area contributed by atoms with Crippen molar-refractivity contribution in [2.24, 2.45) is 5.73 Å². The summed E-state index contributed by atoms with van der Waals surface area (Å²) in [5.41, 5.74) is 7.47. The number of likely N-dealkylation sites (tertiary alicyclic amines) is 1. The van der Waals surface area contributed by atoms with Crippen molar-refractivity contribution in [3.63, 3.8) is 0 Å². The Hall–Kier alpha value is -2.47. The van der Waals surface area contributed by atoms with Crippen molar-refractivity contribution in [1.82, 2.24) is 4.90 Å². The summed E-state index contributed by atoms with van der Waals surface area (Å²) in [6, 6.07) is 11.7. The van der Waals surface area contributed by atoms with E-state index in [4.69, 9.17) is 17.3 Å². The Labute approximate surface area is 154 Å². The third kappa shape index (κ3) is 3.85. The maximum Gasteiger partial charge on any atom is 0.253 e. The summed E-state index contributed by atoms with van der Waals surface area (Å²) in [6.07, 6.45) is -0.616. The zero-order valence-corrected chi connectivity index (χ0v) is 14.6. The minimum Gasteiger partial charge on any atom is -0.366 e. The summed E-state index contributed by atoms with van der Waals surface area (Å²) < 4.78 is 26.4. The molecule has 1 saturated heterocycles. The minimum atomic E-state index is -2.69. The SMILES string of the molecule is NC(=O)c1cc(-c2ccc(C(=O)N3CCC(F)(F)CC3)cc2)ccc1Cl. The number of hydrogen-bond acceptors (Lipinski definition) is 2. The van der Waals surface area contributed by atoms with Crippen molar-refractivity contribution in [2.45, 2.75) is 18.8 Å². The lowest BCUT2D eigenvalue weighted by atomic mass is 10.0. The van der Waals surface area contributed by atoms with Crippen molar-refractivity contribution >= 4 is 23.4 Å². The van der Waals surface area contributed by atoms with Crippen LogP contribution in [-0.4, -0.2) is 35.7 Å². The maximum absolute atomic E-state index is 13.2. The second-order valence-corrected chi connectivity index (χ2v) is 6.69. The molecule has 1 fully saturated rings. The minimum absolute atomic E-state index is 0.0484. The first-order valence-corrected chi connectivity index (χ1v) is 8.51. The predicted octanol–water partition coefficient (Wildman–Crippen LogP) is 3.98. The van der Waals surface area contributed by atoms with Gasteiger partial charge in [0.1, 0.15) is 0 Å². The highest BCUT2D eigenvalue weighted by Gasteiger charge is 2.35. The lowest BCUT2D eigenvalue weighted by molar-refractivity contribution is -0.0494. The highest BCUT2D eigenvalue weighted by atomic mass is 35.5. The number of piperidine rings is 1. The summed E-state index contributed by atoms with van der Waals surface area (Å²) in [4.78, 5) is 25.3. The first-order valence-electron chi connectivity index (χ1n) is 8.14. The molecule has 2 aromatic rings. The fourth-order valence-electron chi connectivity index (χ4n) is 2.92. The number of primary amides is 1. The lowest BCUT2D eigenvalue weighted by Crippen LogP contribution is -2.42. The standard InChI is InChI=1S/C19H17ClF2N2O2/c20-16-6-5-14(11-15(16)17(23)25)12-1-3-13(4-2-12)18(26)24-9-7-19(21,22)8-10-24/h1-6,11H,7-10H2,(H2,23,25). The van der Waals surface area contributed by atoms with Gasteiger partial charge in [-0.15, -0.1) is 0 Å². The normalized spacial score (nSPS) is 16.3. The molecular weight excluding hydrogens is 362 g/mol. The Kier molecular flexibility index (Phi) is 4.96. The van der Waals surface area contributed by atoms with E-state index in [-0.39, 0.29) is 42.4 Å². The van der Waals surface area contributed by atoms with Crippen molar-refractivity contribution in [1.29, 1.82) is 0 Å². The number of rotatable bonds is 3. The van der Waals surface area contributed by atoms with E-state index in [9.17, 15) is 18.4 Å². The predicted molar refractivity (Wildman–Crippen MR) is 95.5 cm³/mol. The fourth-order valence-corrected chi connectivity index (χ4v) is 3.13. The molecule has 136 valence electrons. The van der Waals surface area contributed by atoms with Crippen LogP contribution < -0.4 is 5.73 Å². The van der Waals surface area contributed by atoms with Crippen LogP contribution in [0.3, 0.4) is 0 Å². The molecule has 3 rings (SSSR count). The summed E-state index contributed by atoms with van der Waals surface area (Å²) in [5, 5.41) is 0.273. The van der Waals surface area contributed by atoms with Crippen molar-refractivity contribution < 1.29 is 18.4 Å². The van der Waals surface area contributed by atoms with Crippen LogP contribution in [0.2, 0.25) is 5.02 Å².